The first-order valence-corrected chi connectivity index (χ1v) is 13.4. The van der Waals surface area contributed by atoms with Crippen molar-refractivity contribution < 1.29 is 8.78 Å². The van der Waals surface area contributed by atoms with E-state index in [0.29, 0.717) is 12.0 Å². The monoisotopic (exact) mass is 462 g/mol. The molecule has 0 N–H and O–H groups in total. The van der Waals surface area contributed by atoms with Gasteiger partial charge in [0, 0.05) is 12.0 Å². The van der Waals surface area contributed by atoms with Crippen LogP contribution in [0.3, 0.4) is 0 Å². The van der Waals surface area contributed by atoms with Gasteiger partial charge in [0.2, 0.25) is 0 Å². The number of hydrogen-bond donors (Lipinski definition) is 0. The van der Waals surface area contributed by atoms with Crippen LogP contribution in [0.15, 0.2) is 72.1 Å². The number of hydrogen-bond acceptors (Lipinski definition) is 0. The lowest BCUT2D eigenvalue weighted by molar-refractivity contribution is 0.252. The second-order valence-corrected chi connectivity index (χ2v) is 10.6. The second kappa shape index (κ2) is 12.0. The molecule has 0 amide bonds. The van der Waals surface area contributed by atoms with Crippen molar-refractivity contribution in [3.05, 3.63) is 88.8 Å². The first-order valence-electron chi connectivity index (χ1n) is 13.4. The number of rotatable bonds is 9. The van der Waals surface area contributed by atoms with Crippen molar-refractivity contribution in [3.8, 4) is 0 Å². The average Bonchev–Trinajstić information content (AvgIpc) is 2.86. The van der Waals surface area contributed by atoms with Gasteiger partial charge in [-0.3, -0.25) is 0 Å². The highest BCUT2D eigenvalue weighted by Crippen LogP contribution is 2.38. The standard InChI is InChI=1S/C32H40F2/c1-3-7-24-10-12-25(13-11-24)14-15-26-16-18-28(19-17-26)29-21-31(33)30(32(34)22-29)20-23(2)27-8-5-4-6-9-27/h4-6,8-9,16-19,21,23-25,32H,3,7,10-15,20,22H2,1-2H3/t23-,24?,25?,32?/m0/s1. The van der Waals surface area contributed by atoms with Gasteiger partial charge >= 0.3 is 0 Å². The van der Waals surface area contributed by atoms with E-state index in [1.165, 1.54) is 50.5 Å². The molecular formula is C32H40F2. The van der Waals surface area contributed by atoms with Crippen LogP contribution in [0, 0.1) is 11.8 Å². The molecule has 2 aliphatic rings. The average molecular weight is 463 g/mol. The topological polar surface area (TPSA) is 0 Å². The lowest BCUT2D eigenvalue weighted by atomic mass is 9.78. The highest BCUT2D eigenvalue weighted by Gasteiger charge is 2.26. The Morgan fingerprint density at radius 1 is 0.882 bits per heavy atom. The van der Waals surface area contributed by atoms with E-state index in [4.69, 9.17) is 0 Å². The van der Waals surface area contributed by atoms with Crippen LogP contribution >= 0.6 is 0 Å². The number of benzene rings is 2. The summed E-state index contributed by atoms with van der Waals surface area (Å²) in [4.78, 5) is 0. The highest BCUT2D eigenvalue weighted by atomic mass is 19.1. The fourth-order valence-corrected chi connectivity index (χ4v) is 5.90. The van der Waals surface area contributed by atoms with Gasteiger partial charge in [0.15, 0.2) is 0 Å². The lowest BCUT2D eigenvalue weighted by Gasteiger charge is -2.28. The van der Waals surface area contributed by atoms with Gasteiger partial charge in [0.25, 0.3) is 0 Å². The Bertz CT molecular complexity index is 962. The van der Waals surface area contributed by atoms with E-state index in [1.54, 1.807) is 6.08 Å². The fourth-order valence-electron chi connectivity index (χ4n) is 5.90. The maximum Gasteiger partial charge on any atom is 0.128 e. The molecule has 1 saturated carbocycles. The zero-order chi connectivity index (χ0) is 23.9. The summed E-state index contributed by atoms with van der Waals surface area (Å²) in [5, 5.41) is 0. The summed E-state index contributed by atoms with van der Waals surface area (Å²) in [6.07, 6.45) is 11.6. The van der Waals surface area contributed by atoms with Crippen molar-refractivity contribution in [2.75, 3.05) is 0 Å². The summed E-state index contributed by atoms with van der Waals surface area (Å²) >= 11 is 0. The molecule has 1 fully saturated rings. The molecule has 2 aromatic rings. The van der Waals surface area contributed by atoms with Gasteiger partial charge in [-0.15, -0.1) is 0 Å². The van der Waals surface area contributed by atoms with Crippen LogP contribution < -0.4 is 0 Å². The molecule has 0 heterocycles. The zero-order valence-electron chi connectivity index (χ0n) is 20.9. The molecule has 2 aliphatic carbocycles. The molecule has 34 heavy (non-hydrogen) atoms. The van der Waals surface area contributed by atoms with E-state index in [9.17, 15) is 4.39 Å². The van der Waals surface area contributed by atoms with E-state index in [0.717, 1.165) is 35.0 Å². The van der Waals surface area contributed by atoms with Gasteiger partial charge < -0.3 is 0 Å². The van der Waals surface area contributed by atoms with Gasteiger partial charge in [-0.1, -0.05) is 107 Å². The number of alkyl halides is 1. The van der Waals surface area contributed by atoms with Crippen molar-refractivity contribution >= 4 is 5.57 Å². The molecule has 0 nitrogen and oxygen atoms in total. The van der Waals surface area contributed by atoms with E-state index in [1.807, 2.05) is 37.3 Å². The zero-order valence-corrected chi connectivity index (χ0v) is 20.9. The van der Waals surface area contributed by atoms with Gasteiger partial charge in [-0.2, -0.15) is 0 Å². The Hall–Kier alpha value is -2.22. The first-order chi connectivity index (χ1) is 16.5. The Labute approximate surface area is 205 Å². The molecule has 2 aromatic carbocycles. The molecule has 182 valence electrons. The van der Waals surface area contributed by atoms with Crippen LogP contribution in [0.4, 0.5) is 8.78 Å². The fraction of sp³-hybridized carbons (Fsp3) is 0.500. The summed E-state index contributed by atoms with van der Waals surface area (Å²) in [5.74, 6) is 1.52. The van der Waals surface area contributed by atoms with Crippen molar-refractivity contribution in [1.82, 2.24) is 0 Å². The molecule has 0 saturated heterocycles. The minimum Gasteiger partial charge on any atom is -0.242 e. The molecule has 2 atom stereocenters. The molecule has 0 spiro atoms. The predicted octanol–water partition coefficient (Wildman–Crippen LogP) is 9.77. The predicted molar refractivity (Wildman–Crippen MR) is 140 cm³/mol. The Balaban J connectivity index is 1.34. The van der Waals surface area contributed by atoms with Crippen LogP contribution in [-0.4, -0.2) is 6.17 Å². The molecule has 0 bridgehead atoms. The minimum absolute atomic E-state index is 0.0936. The smallest absolute Gasteiger partial charge is 0.128 e. The van der Waals surface area contributed by atoms with Crippen molar-refractivity contribution in [2.24, 2.45) is 11.8 Å². The molecular weight excluding hydrogens is 422 g/mol. The third kappa shape index (κ3) is 6.46. The van der Waals surface area contributed by atoms with Gasteiger partial charge in [-0.05, 0) is 65.4 Å². The Kier molecular flexibility index (Phi) is 8.75. The quantitative estimate of drug-likeness (QED) is 0.348. The minimum atomic E-state index is -1.26. The van der Waals surface area contributed by atoms with Gasteiger partial charge in [0.1, 0.15) is 12.0 Å². The SMILES string of the molecule is CCCC1CCC(CCc2ccc(C3=CC(F)=C(C[C@H](C)c4ccccc4)C(F)C3)cc2)CC1. The maximum absolute atomic E-state index is 15.1. The normalized spacial score (nSPS) is 24.1. The summed E-state index contributed by atoms with van der Waals surface area (Å²) in [6.45, 7) is 4.33. The maximum atomic E-state index is 15.1. The van der Waals surface area contributed by atoms with Crippen LogP contribution in [0.5, 0.6) is 0 Å². The molecule has 0 aliphatic heterocycles. The summed E-state index contributed by atoms with van der Waals surface area (Å²) in [7, 11) is 0. The van der Waals surface area contributed by atoms with Crippen LogP contribution in [0.1, 0.15) is 94.2 Å². The Morgan fingerprint density at radius 3 is 2.15 bits per heavy atom. The van der Waals surface area contributed by atoms with E-state index < -0.39 is 6.17 Å². The molecule has 4 rings (SSSR count). The number of aryl methyl sites for hydroxylation is 1. The van der Waals surface area contributed by atoms with Crippen molar-refractivity contribution in [3.63, 3.8) is 0 Å². The van der Waals surface area contributed by atoms with Crippen LogP contribution in [0.2, 0.25) is 0 Å². The van der Waals surface area contributed by atoms with Crippen molar-refractivity contribution in [2.45, 2.75) is 90.1 Å². The van der Waals surface area contributed by atoms with Gasteiger partial charge in [-0.25, -0.2) is 8.78 Å². The third-order valence-electron chi connectivity index (χ3n) is 8.11. The van der Waals surface area contributed by atoms with E-state index in [-0.39, 0.29) is 18.2 Å². The molecule has 2 heteroatoms. The van der Waals surface area contributed by atoms with E-state index >= 15 is 4.39 Å². The molecule has 0 radical (unpaired) electrons. The molecule has 0 aromatic heterocycles. The van der Waals surface area contributed by atoms with Crippen LogP contribution in [-0.2, 0) is 6.42 Å². The second-order valence-electron chi connectivity index (χ2n) is 10.6. The lowest BCUT2D eigenvalue weighted by Crippen LogP contribution is -2.15. The molecule has 1 unspecified atom stereocenters. The summed E-state index contributed by atoms with van der Waals surface area (Å²) in [6, 6.07) is 18.4. The van der Waals surface area contributed by atoms with Crippen LogP contribution in [0.25, 0.3) is 5.57 Å². The summed E-state index contributed by atoms with van der Waals surface area (Å²) in [5.41, 5.74) is 4.47. The first kappa shape index (κ1) is 24.9. The van der Waals surface area contributed by atoms with Gasteiger partial charge in [0.05, 0.1) is 0 Å². The number of halogens is 2. The summed E-state index contributed by atoms with van der Waals surface area (Å²) < 4.78 is 30.0. The van der Waals surface area contributed by atoms with E-state index in [2.05, 4.69) is 31.2 Å². The highest BCUT2D eigenvalue weighted by molar-refractivity contribution is 5.70. The largest absolute Gasteiger partial charge is 0.242 e. The number of allylic oxidation sites excluding steroid dienone is 4. The Morgan fingerprint density at radius 2 is 1.53 bits per heavy atom. The van der Waals surface area contributed by atoms with Crippen molar-refractivity contribution in [1.29, 1.82) is 0 Å². The third-order valence-corrected chi connectivity index (χ3v) is 8.11.